The van der Waals surface area contributed by atoms with Crippen molar-refractivity contribution >= 4 is 94.1 Å². The van der Waals surface area contributed by atoms with Crippen LogP contribution in [0.15, 0.2) is 0 Å². The van der Waals surface area contributed by atoms with Gasteiger partial charge < -0.3 is 0 Å². The molecular formula is H22Si11. The van der Waals surface area contributed by atoms with Gasteiger partial charge in [-0.15, -0.1) is 0 Å². The Balaban J connectivity index is 0.000000112. The van der Waals surface area contributed by atoms with Gasteiger partial charge in [0.05, 0.1) is 0 Å². The van der Waals surface area contributed by atoms with Gasteiger partial charge in [-0.1, -0.05) is 0 Å². The molecule has 2 rings (SSSR count). The highest BCUT2D eigenvalue weighted by Crippen LogP contribution is 1.74. The first-order valence-corrected chi connectivity index (χ1v) is 48.5. The van der Waals surface area contributed by atoms with E-state index in [0.717, 1.165) is 77.0 Å². The summed E-state index contributed by atoms with van der Waals surface area (Å²) in [7, 11) is 10.7. The van der Waals surface area contributed by atoms with Crippen molar-refractivity contribution < 1.29 is 0 Å². The van der Waals surface area contributed by atoms with Crippen molar-refractivity contribution in [2.45, 2.75) is 0 Å². The minimum Gasteiger partial charge on any atom is -0.0115 e. The number of hydrogen-bond acceptors (Lipinski definition) is 0. The summed E-state index contributed by atoms with van der Waals surface area (Å²) < 4.78 is 0. The summed E-state index contributed by atoms with van der Waals surface area (Å²) in [6.45, 7) is 0. The van der Waals surface area contributed by atoms with Crippen molar-refractivity contribution in [2.24, 2.45) is 0 Å². The summed E-state index contributed by atoms with van der Waals surface area (Å²) in [4.78, 5) is 0. The Morgan fingerprint density at radius 2 is 1.00 bits per heavy atom. The lowest BCUT2D eigenvalue weighted by Crippen LogP contribution is -2.24. The lowest BCUT2D eigenvalue weighted by Gasteiger charge is -1.87. The zero-order chi connectivity index (χ0) is 7.94. The Hall–Kier alpha value is 2.39. The van der Waals surface area contributed by atoms with E-state index in [4.69, 9.17) is 0 Å². The fourth-order valence-electron chi connectivity index (χ4n) is 2.01. The number of rotatable bonds is 0. The minimum atomic E-state index is 0.491. The highest BCUT2D eigenvalue weighted by molar-refractivity contribution is 7.87. The lowest BCUT2D eigenvalue weighted by molar-refractivity contribution is 3.89. The van der Waals surface area contributed by atoms with E-state index in [1.165, 1.54) is 0 Å². The maximum atomic E-state index is 1.78. The van der Waals surface area contributed by atoms with Crippen molar-refractivity contribution in [3.63, 3.8) is 0 Å². The molecule has 11 heavy (non-hydrogen) atoms. The van der Waals surface area contributed by atoms with Crippen molar-refractivity contribution in [3.05, 3.63) is 0 Å². The van der Waals surface area contributed by atoms with Crippen LogP contribution >= 0.6 is 0 Å². The summed E-state index contributed by atoms with van der Waals surface area (Å²) in [5.74, 6) is 0. The first-order valence-electron chi connectivity index (χ1n) is 5.39. The van der Waals surface area contributed by atoms with E-state index in [2.05, 4.69) is 0 Å². The molecule has 0 bridgehead atoms. The molecule has 0 spiro atoms. The molecule has 2 saturated heterocycles. The highest BCUT2D eigenvalue weighted by atomic mass is 30.2. The third-order valence-electron chi connectivity index (χ3n) is 2.89. The van der Waals surface area contributed by atoms with Crippen LogP contribution in [0, 0.1) is 0 Å². The van der Waals surface area contributed by atoms with E-state index in [0.29, 0.717) is 7.35 Å². The molecular weight excluding hydrogens is 309 g/mol. The van der Waals surface area contributed by atoms with E-state index in [1.807, 2.05) is 0 Å². The van der Waals surface area contributed by atoms with Gasteiger partial charge in [0.2, 0.25) is 0 Å². The summed E-state index contributed by atoms with van der Waals surface area (Å²) in [5.41, 5.74) is 0. The van der Waals surface area contributed by atoms with Gasteiger partial charge in [-0.2, -0.15) is 0 Å². The van der Waals surface area contributed by atoms with Crippen LogP contribution in [0.25, 0.3) is 0 Å². The summed E-state index contributed by atoms with van der Waals surface area (Å²) >= 11 is 0. The second kappa shape index (κ2) is 7.76. The van der Waals surface area contributed by atoms with Gasteiger partial charge in [0.1, 0.15) is 0 Å². The van der Waals surface area contributed by atoms with Gasteiger partial charge in [-0.3, -0.25) is 0 Å². The molecule has 2 aliphatic heterocycles. The van der Waals surface area contributed by atoms with Crippen molar-refractivity contribution in [2.75, 3.05) is 0 Å². The monoisotopic (exact) mass is 330 g/mol. The summed E-state index contributed by atoms with van der Waals surface area (Å²) in [5, 5.41) is 0. The van der Waals surface area contributed by atoms with E-state index in [9.17, 15) is 0 Å². The molecule has 2 fully saturated rings. The molecule has 0 aromatic rings. The molecule has 0 aliphatic carbocycles. The lowest BCUT2D eigenvalue weighted by atomic mass is 26.2. The fraction of sp³-hybridized carbons (Fsp3) is 0. The van der Waals surface area contributed by atoms with Crippen LogP contribution in [-0.4, -0.2) is 94.1 Å². The first kappa shape index (κ1) is 11.5. The van der Waals surface area contributed by atoms with Crippen LogP contribution in [0.5, 0.6) is 0 Å². The Morgan fingerprint density at radius 3 is 1.18 bits per heavy atom. The maximum Gasteiger partial charge on any atom is -0.00747 e. The minimum absolute atomic E-state index is 0.491. The molecule has 2 heterocycles. The topological polar surface area (TPSA) is 0 Å². The summed E-state index contributed by atoms with van der Waals surface area (Å²) in [6.07, 6.45) is 0. The van der Waals surface area contributed by atoms with Crippen LogP contribution in [0.4, 0.5) is 0 Å². The molecule has 0 atom stereocenters. The molecule has 0 aromatic heterocycles. The third-order valence-corrected chi connectivity index (χ3v) is 234. The van der Waals surface area contributed by atoms with Crippen LogP contribution in [0.2, 0.25) is 0 Å². The molecule has 66 valence electrons. The zero-order valence-electron chi connectivity index (χ0n) is 7.94. The standard InChI is InChI=1S/H12Si6.H10Si5/c1-6-4-2-3-5-6;1-2-4-5-3-1/h6H,2-5H2,1H3;1-5H2. The van der Waals surface area contributed by atoms with Crippen molar-refractivity contribution in [1.82, 2.24) is 0 Å². The van der Waals surface area contributed by atoms with Crippen LogP contribution in [0.1, 0.15) is 0 Å². The third kappa shape index (κ3) is 6.46. The van der Waals surface area contributed by atoms with Gasteiger partial charge in [0.15, 0.2) is 0 Å². The molecule has 0 saturated carbocycles. The predicted octanol–water partition coefficient (Wildman–Crippen LogP) is -10.1. The summed E-state index contributed by atoms with van der Waals surface area (Å²) in [6, 6.07) is 0. The first-order chi connectivity index (χ1) is 5.39. The number of hydrogen-bond donors (Lipinski definition) is 0. The van der Waals surface area contributed by atoms with Crippen LogP contribution in [-0.2, 0) is 0 Å². The van der Waals surface area contributed by atoms with Gasteiger partial charge in [-0.25, -0.2) is 0 Å². The highest BCUT2D eigenvalue weighted by Gasteiger charge is 2.11. The predicted molar refractivity (Wildman–Crippen MR) is 94.0 cm³/mol. The van der Waals surface area contributed by atoms with E-state index in [1.54, 1.807) is 9.76 Å². The average Bonchev–Trinajstić information content (AvgIpc) is 2.57. The molecule has 0 aromatic carbocycles. The normalized spacial score (nSPS) is 49.6. The Morgan fingerprint density at radius 1 is 0.636 bits per heavy atom. The zero-order valence-corrected chi connectivity index (χ0v) is 23.8. The molecule has 2 aliphatic rings. The Labute approximate surface area is 93.4 Å². The average molecular weight is 331 g/mol. The largest absolute Gasteiger partial charge is 0.0115 e. The molecule has 0 N–H and O–H groups in total. The maximum absolute atomic E-state index is 1.78. The second-order valence-corrected chi connectivity index (χ2v) is 112. The van der Waals surface area contributed by atoms with Crippen molar-refractivity contribution in [1.29, 1.82) is 0 Å². The van der Waals surface area contributed by atoms with E-state index >= 15 is 0 Å². The Kier molecular flexibility index (Phi) is 8.08. The fourth-order valence-corrected chi connectivity index (χ4v) is 489. The molecule has 0 unspecified atom stereocenters. The van der Waals surface area contributed by atoms with E-state index in [-0.39, 0.29) is 0 Å². The molecule has 0 nitrogen and oxygen atoms in total. The van der Waals surface area contributed by atoms with Crippen molar-refractivity contribution in [3.8, 4) is 0 Å². The Bertz CT molecular complexity index is 68.4. The molecule has 0 radical (unpaired) electrons. The SMILES string of the molecule is [SiH2]1[SiH2][SiH2][SiH2][SiH2]1.[SiH3][SiH]1[SiH2][SiH2][SiH2][SiH2]1. The van der Waals surface area contributed by atoms with Gasteiger partial charge in [0.25, 0.3) is 0 Å². The second-order valence-electron chi connectivity index (χ2n) is 4.16. The van der Waals surface area contributed by atoms with Crippen LogP contribution in [0.3, 0.4) is 0 Å². The smallest absolute Gasteiger partial charge is 0.00747 e. The quantitative estimate of drug-likeness (QED) is 0.387. The van der Waals surface area contributed by atoms with Gasteiger partial charge in [0, 0.05) is 0 Å². The van der Waals surface area contributed by atoms with Gasteiger partial charge in [-0.05, 0) is 94.1 Å². The van der Waals surface area contributed by atoms with E-state index < -0.39 is 0 Å². The van der Waals surface area contributed by atoms with Crippen LogP contribution < -0.4 is 0 Å². The van der Waals surface area contributed by atoms with Gasteiger partial charge >= 0.3 is 0 Å². The molecule has 11 heteroatoms. The molecule has 0 amide bonds.